The van der Waals surface area contributed by atoms with E-state index < -0.39 is 11.7 Å². The number of hydrogen-bond donors (Lipinski definition) is 2. The highest BCUT2D eigenvalue weighted by Gasteiger charge is 2.20. The monoisotopic (exact) mass is 364 g/mol. The van der Waals surface area contributed by atoms with Crippen molar-refractivity contribution < 1.29 is 14.3 Å². The van der Waals surface area contributed by atoms with Crippen LogP contribution in [-0.2, 0) is 4.74 Å². The van der Waals surface area contributed by atoms with Crippen LogP contribution in [0.25, 0.3) is 21.9 Å². The summed E-state index contributed by atoms with van der Waals surface area (Å²) in [7, 11) is 1.58. The highest BCUT2D eigenvalue weighted by molar-refractivity contribution is 6.07. The molecule has 0 aromatic heterocycles. The highest BCUT2D eigenvalue weighted by atomic mass is 16.6. The number of nitrogen functional groups attached to an aromatic ring is 1. The quantitative estimate of drug-likeness (QED) is 0.607. The van der Waals surface area contributed by atoms with Gasteiger partial charge in [-0.15, -0.1) is 0 Å². The standard InChI is InChI=1S/C22H24N2O3/c1-22(2,3)27-21(25)24-18-13-12-14-8-5-6-9-15(14)19(18)16-10-7-11-17(23)20(16)26-4/h5-13H,23H2,1-4H3,(H,24,25). The van der Waals surface area contributed by atoms with Crippen molar-refractivity contribution in [2.75, 3.05) is 18.2 Å². The van der Waals surface area contributed by atoms with Crippen LogP contribution in [0, 0.1) is 0 Å². The van der Waals surface area contributed by atoms with Crippen molar-refractivity contribution in [1.29, 1.82) is 0 Å². The van der Waals surface area contributed by atoms with Gasteiger partial charge in [0.1, 0.15) is 11.4 Å². The summed E-state index contributed by atoms with van der Waals surface area (Å²) < 4.78 is 11.0. The van der Waals surface area contributed by atoms with Gasteiger partial charge in [0.15, 0.2) is 0 Å². The van der Waals surface area contributed by atoms with Crippen molar-refractivity contribution in [3.05, 3.63) is 54.6 Å². The predicted octanol–water partition coefficient (Wildman–Crippen LogP) is 5.44. The van der Waals surface area contributed by atoms with E-state index in [0.717, 1.165) is 21.9 Å². The number of nitrogens with one attached hydrogen (secondary N) is 1. The molecule has 3 aromatic rings. The molecule has 0 aliphatic rings. The molecular formula is C22H24N2O3. The molecule has 0 spiro atoms. The lowest BCUT2D eigenvalue weighted by atomic mass is 9.95. The van der Waals surface area contributed by atoms with Gasteiger partial charge in [0, 0.05) is 11.1 Å². The van der Waals surface area contributed by atoms with Crippen molar-refractivity contribution in [3.8, 4) is 16.9 Å². The molecule has 0 saturated heterocycles. The van der Waals surface area contributed by atoms with E-state index in [1.54, 1.807) is 13.2 Å². The summed E-state index contributed by atoms with van der Waals surface area (Å²) in [5, 5.41) is 4.90. The SMILES string of the molecule is COc1c(N)cccc1-c1c(NC(=O)OC(C)(C)C)ccc2ccccc12. The van der Waals surface area contributed by atoms with Gasteiger partial charge in [-0.05, 0) is 43.7 Å². The van der Waals surface area contributed by atoms with E-state index in [-0.39, 0.29) is 0 Å². The van der Waals surface area contributed by atoms with E-state index in [9.17, 15) is 4.79 Å². The molecule has 5 heteroatoms. The zero-order valence-electron chi connectivity index (χ0n) is 16.0. The molecule has 0 aliphatic heterocycles. The predicted molar refractivity (Wildman–Crippen MR) is 110 cm³/mol. The summed E-state index contributed by atoms with van der Waals surface area (Å²) in [6, 6.07) is 17.4. The first-order chi connectivity index (χ1) is 12.8. The summed E-state index contributed by atoms with van der Waals surface area (Å²) in [4.78, 5) is 12.4. The van der Waals surface area contributed by atoms with Crippen LogP contribution in [0.15, 0.2) is 54.6 Å². The minimum absolute atomic E-state index is 0.512. The Labute approximate surface area is 159 Å². The first-order valence-corrected chi connectivity index (χ1v) is 8.75. The molecule has 3 rings (SSSR count). The smallest absolute Gasteiger partial charge is 0.412 e. The Morgan fingerprint density at radius 1 is 1.00 bits per heavy atom. The number of benzene rings is 3. The van der Waals surface area contributed by atoms with Gasteiger partial charge in [-0.25, -0.2) is 4.79 Å². The zero-order valence-corrected chi connectivity index (χ0v) is 16.0. The van der Waals surface area contributed by atoms with Crippen LogP contribution < -0.4 is 15.8 Å². The Balaban J connectivity index is 2.20. The summed E-state index contributed by atoms with van der Waals surface area (Å²) in [6.45, 7) is 5.48. The molecule has 3 aromatic carbocycles. The van der Waals surface area contributed by atoms with E-state index >= 15 is 0 Å². The van der Waals surface area contributed by atoms with Crippen LogP contribution in [0.4, 0.5) is 16.2 Å². The molecule has 1 amide bonds. The molecule has 0 heterocycles. The lowest BCUT2D eigenvalue weighted by Crippen LogP contribution is -2.27. The van der Waals surface area contributed by atoms with Crippen molar-refractivity contribution >= 4 is 28.2 Å². The molecule has 0 atom stereocenters. The van der Waals surface area contributed by atoms with Gasteiger partial charge in [-0.1, -0.05) is 42.5 Å². The average molecular weight is 364 g/mol. The number of hydrogen-bond acceptors (Lipinski definition) is 4. The molecular weight excluding hydrogens is 340 g/mol. The number of amides is 1. The van der Waals surface area contributed by atoms with Crippen molar-refractivity contribution in [1.82, 2.24) is 0 Å². The van der Waals surface area contributed by atoms with Crippen molar-refractivity contribution in [2.24, 2.45) is 0 Å². The molecule has 0 aliphatic carbocycles. The first kappa shape index (κ1) is 18.6. The van der Waals surface area contributed by atoms with Gasteiger partial charge in [0.2, 0.25) is 0 Å². The molecule has 0 radical (unpaired) electrons. The van der Waals surface area contributed by atoms with Gasteiger partial charge in [0.05, 0.1) is 18.5 Å². The molecule has 140 valence electrons. The Morgan fingerprint density at radius 2 is 1.74 bits per heavy atom. The molecule has 3 N–H and O–H groups in total. The summed E-state index contributed by atoms with van der Waals surface area (Å²) in [5.41, 5.74) is 8.33. The van der Waals surface area contributed by atoms with Crippen molar-refractivity contribution in [3.63, 3.8) is 0 Å². The minimum atomic E-state index is -0.587. The van der Waals surface area contributed by atoms with Crippen LogP contribution in [0.1, 0.15) is 20.8 Å². The lowest BCUT2D eigenvalue weighted by Gasteiger charge is -2.22. The largest absolute Gasteiger partial charge is 0.494 e. The number of rotatable bonds is 3. The molecule has 5 nitrogen and oxygen atoms in total. The van der Waals surface area contributed by atoms with Crippen molar-refractivity contribution in [2.45, 2.75) is 26.4 Å². The maximum Gasteiger partial charge on any atom is 0.412 e. The maximum atomic E-state index is 12.4. The topological polar surface area (TPSA) is 73.6 Å². The fourth-order valence-corrected chi connectivity index (χ4v) is 3.06. The van der Waals surface area contributed by atoms with Gasteiger partial charge in [0.25, 0.3) is 0 Å². The Hall–Kier alpha value is -3.21. The summed E-state index contributed by atoms with van der Waals surface area (Å²) >= 11 is 0. The Kier molecular flexibility index (Phi) is 4.95. The second kappa shape index (κ2) is 7.19. The number of carbonyl (C=O) groups is 1. The normalized spacial score (nSPS) is 11.3. The number of carbonyl (C=O) groups excluding carboxylic acids is 1. The molecule has 0 unspecified atom stereocenters. The Morgan fingerprint density at radius 3 is 2.44 bits per heavy atom. The Bertz CT molecular complexity index is 991. The second-order valence-electron chi connectivity index (χ2n) is 7.26. The van der Waals surface area contributed by atoms with Gasteiger partial charge in [-0.3, -0.25) is 5.32 Å². The van der Waals surface area contributed by atoms with Crippen LogP contribution in [-0.4, -0.2) is 18.8 Å². The first-order valence-electron chi connectivity index (χ1n) is 8.75. The van der Waals surface area contributed by atoms with E-state index in [1.165, 1.54) is 0 Å². The van der Waals surface area contributed by atoms with Gasteiger partial charge >= 0.3 is 6.09 Å². The number of anilines is 2. The number of fused-ring (bicyclic) bond motifs is 1. The van der Waals surface area contributed by atoms with Crippen LogP contribution in [0.5, 0.6) is 5.75 Å². The van der Waals surface area contributed by atoms with Crippen LogP contribution >= 0.6 is 0 Å². The van der Waals surface area contributed by atoms with E-state index in [4.69, 9.17) is 15.2 Å². The number of nitrogens with two attached hydrogens (primary N) is 1. The summed E-state index contributed by atoms with van der Waals surface area (Å²) in [6.07, 6.45) is -0.512. The van der Waals surface area contributed by atoms with Gasteiger partial charge < -0.3 is 15.2 Å². The third-order valence-corrected chi connectivity index (χ3v) is 4.08. The minimum Gasteiger partial charge on any atom is -0.494 e. The average Bonchev–Trinajstić information content (AvgIpc) is 2.59. The maximum absolute atomic E-state index is 12.4. The summed E-state index contributed by atoms with van der Waals surface area (Å²) in [5.74, 6) is 0.570. The fraction of sp³-hybridized carbons (Fsp3) is 0.227. The number of methoxy groups -OCH3 is 1. The third-order valence-electron chi connectivity index (χ3n) is 4.08. The molecule has 27 heavy (non-hydrogen) atoms. The zero-order chi connectivity index (χ0) is 19.6. The lowest BCUT2D eigenvalue weighted by molar-refractivity contribution is 0.0636. The van der Waals surface area contributed by atoms with E-state index in [0.29, 0.717) is 17.1 Å². The molecule has 0 bridgehead atoms. The molecule has 0 saturated carbocycles. The van der Waals surface area contributed by atoms with E-state index in [2.05, 4.69) is 5.32 Å². The second-order valence-corrected chi connectivity index (χ2v) is 7.26. The van der Waals surface area contributed by atoms with Gasteiger partial charge in [-0.2, -0.15) is 0 Å². The van der Waals surface area contributed by atoms with Crippen LogP contribution in [0.2, 0.25) is 0 Å². The number of para-hydroxylation sites is 1. The van der Waals surface area contributed by atoms with Crippen LogP contribution in [0.3, 0.4) is 0 Å². The third kappa shape index (κ3) is 3.97. The highest BCUT2D eigenvalue weighted by Crippen LogP contribution is 2.42. The molecule has 0 fully saturated rings. The fourth-order valence-electron chi connectivity index (χ4n) is 3.06. The van der Waals surface area contributed by atoms with E-state index in [1.807, 2.05) is 69.3 Å². The number of ether oxygens (including phenoxy) is 2.